The third-order valence-electron chi connectivity index (χ3n) is 6.41. The molecule has 1 saturated heterocycles. The van der Waals surface area contributed by atoms with Gasteiger partial charge in [-0.15, -0.1) is 23.7 Å². The molecule has 1 saturated carbocycles. The number of thiazole rings is 1. The first-order valence-corrected chi connectivity index (χ1v) is 13.8. The first-order chi connectivity index (χ1) is 16.5. The summed E-state index contributed by atoms with van der Waals surface area (Å²) < 4.78 is 0. The summed E-state index contributed by atoms with van der Waals surface area (Å²) >= 11 is 15.1. The number of nitrogens with zero attached hydrogens (tertiary/aromatic N) is 4. The van der Waals surface area contributed by atoms with E-state index in [9.17, 15) is 9.90 Å². The van der Waals surface area contributed by atoms with Crippen LogP contribution in [0.3, 0.4) is 0 Å². The Balaban J connectivity index is 0.00000289. The lowest BCUT2D eigenvalue weighted by atomic mass is 9.94. The third-order valence-corrected chi connectivity index (χ3v) is 9.00. The van der Waals surface area contributed by atoms with Crippen LogP contribution < -0.4 is 10.2 Å². The zero-order valence-electron chi connectivity index (χ0n) is 18.9. The molecule has 0 unspecified atom stereocenters. The molecule has 1 aliphatic heterocycles. The molecular formula is C23H26Cl3N5O2S2. The van der Waals surface area contributed by atoms with Crippen molar-refractivity contribution >= 4 is 74.3 Å². The second kappa shape index (κ2) is 11.6. The van der Waals surface area contributed by atoms with Gasteiger partial charge >= 0.3 is 0 Å². The van der Waals surface area contributed by atoms with Gasteiger partial charge in [-0.05, 0) is 25.0 Å². The molecule has 0 bridgehead atoms. The Morgan fingerprint density at radius 1 is 1.11 bits per heavy atom. The van der Waals surface area contributed by atoms with Crippen LogP contribution in [0.2, 0.25) is 10.0 Å². The van der Waals surface area contributed by atoms with E-state index in [1.807, 2.05) is 11.4 Å². The molecule has 7 nitrogen and oxygen atoms in total. The Bertz CT molecular complexity index is 1170. The van der Waals surface area contributed by atoms with Gasteiger partial charge in [0.15, 0.2) is 5.13 Å². The molecule has 3 aromatic heterocycles. The van der Waals surface area contributed by atoms with Crippen molar-refractivity contribution < 1.29 is 9.90 Å². The van der Waals surface area contributed by atoms with E-state index in [0.717, 1.165) is 41.8 Å². The molecule has 0 aromatic carbocycles. The number of carbonyl (C=O) groups excluding carboxylic acids is 1. The number of nitrogens with one attached hydrogen (secondary N) is 1. The maximum atomic E-state index is 12.8. The maximum absolute atomic E-state index is 12.8. The molecule has 1 aliphatic carbocycles. The number of aromatic hydroxyl groups is 1. The summed E-state index contributed by atoms with van der Waals surface area (Å²) in [6.45, 7) is 3.92. The molecule has 3 aromatic rings. The topological polar surface area (TPSA) is 81.6 Å². The third kappa shape index (κ3) is 6.03. The molecule has 0 radical (unpaired) electrons. The Hall–Kier alpha value is -1.62. The first kappa shape index (κ1) is 26.4. The number of carbonyl (C=O) groups is 1. The molecule has 2 aliphatic rings. The second-order valence-electron chi connectivity index (χ2n) is 8.60. The molecule has 2 N–H and O–H groups in total. The zero-order valence-corrected chi connectivity index (χ0v) is 22.8. The Morgan fingerprint density at radius 3 is 2.51 bits per heavy atom. The van der Waals surface area contributed by atoms with Crippen LogP contribution in [-0.2, 0) is 0 Å². The van der Waals surface area contributed by atoms with Gasteiger partial charge in [-0.1, -0.05) is 53.8 Å². The fourth-order valence-electron chi connectivity index (χ4n) is 4.64. The summed E-state index contributed by atoms with van der Waals surface area (Å²) in [5.74, 6) is -0.688. The molecule has 5 rings (SSSR count). The van der Waals surface area contributed by atoms with Crippen molar-refractivity contribution in [3.05, 3.63) is 39.3 Å². The molecule has 35 heavy (non-hydrogen) atoms. The number of piperazine rings is 1. The Morgan fingerprint density at radius 2 is 1.86 bits per heavy atom. The van der Waals surface area contributed by atoms with Crippen LogP contribution in [0.1, 0.15) is 42.5 Å². The number of aromatic nitrogens is 2. The number of anilines is 2. The lowest BCUT2D eigenvalue weighted by Gasteiger charge is -2.41. The van der Waals surface area contributed by atoms with Gasteiger partial charge < -0.3 is 10.0 Å². The number of halogens is 3. The molecule has 0 spiro atoms. The maximum Gasteiger partial charge on any atom is 0.259 e. The molecule has 0 atom stereocenters. The van der Waals surface area contributed by atoms with Crippen LogP contribution in [0.15, 0.2) is 23.7 Å². The van der Waals surface area contributed by atoms with Crippen LogP contribution in [0.4, 0.5) is 10.1 Å². The van der Waals surface area contributed by atoms with Gasteiger partial charge in [0, 0.05) is 43.8 Å². The normalized spacial score (nSPS) is 17.3. The van der Waals surface area contributed by atoms with Gasteiger partial charge in [0.1, 0.15) is 15.7 Å². The predicted octanol–water partition coefficient (Wildman–Crippen LogP) is 6.41. The van der Waals surface area contributed by atoms with Crippen LogP contribution in [0, 0.1) is 0 Å². The van der Waals surface area contributed by atoms with Crippen LogP contribution in [0.25, 0.3) is 10.6 Å². The van der Waals surface area contributed by atoms with Crippen LogP contribution in [-0.4, -0.2) is 58.1 Å². The summed E-state index contributed by atoms with van der Waals surface area (Å²) in [6, 6.07) is 4.02. The van der Waals surface area contributed by atoms with Gasteiger partial charge in [0.25, 0.3) is 5.91 Å². The summed E-state index contributed by atoms with van der Waals surface area (Å²) in [7, 11) is 0. The highest BCUT2D eigenvalue weighted by molar-refractivity contribution is 7.21. The van der Waals surface area contributed by atoms with Gasteiger partial charge in [0.2, 0.25) is 5.88 Å². The van der Waals surface area contributed by atoms with Crippen molar-refractivity contribution in [3.8, 4) is 16.5 Å². The zero-order chi connectivity index (χ0) is 23.7. The number of rotatable bonds is 5. The van der Waals surface area contributed by atoms with E-state index >= 15 is 0 Å². The highest BCUT2D eigenvalue weighted by Gasteiger charge is 2.28. The summed E-state index contributed by atoms with van der Waals surface area (Å²) in [5.41, 5.74) is 1.09. The van der Waals surface area contributed by atoms with Gasteiger partial charge in [0.05, 0.1) is 15.5 Å². The molecule has 1 amide bonds. The first-order valence-electron chi connectivity index (χ1n) is 11.4. The number of thiophene rings is 1. The van der Waals surface area contributed by atoms with Crippen molar-refractivity contribution in [2.24, 2.45) is 0 Å². The van der Waals surface area contributed by atoms with Crippen molar-refractivity contribution in [1.82, 2.24) is 14.9 Å². The number of amides is 1. The van der Waals surface area contributed by atoms with E-state index in [-0.39, 0.29) is 34.8 Å². The highest BCUT2D eigenvalue weighted by Crippen LogP contribution is 2.42. The largest absolute Gasteiger partial charge is 0.492 e. The monoisotopic (exact) mass is 573 g/mol. The van der Waals surface area contributed by atoms with E-state index in [1.54, 1.807) is 11.3 Å². The van der Waals surface area contributed by atoms with Gasteiger partial charge in [-0.2, -0.15) is 0 Å². The Kier molecular flexibility index (Phi) is 8.78. The summed E-state index contributed by atoms with van der Waals surface area (Å²) in [6.07, 6.45) is 7.96. The van der Waals surface area contributed by atoms with E-state index < -0.39 is 0 Å². The smallest absolute Gasteiger partial charge is 0.259 e. The fourth-order valence-corrected chi connectivity index (χ4v) is 6.96. The lowest BCUT2D eigenvalue weighted by molar-refractivity contribution is 0.102. The summed E-state index contributed by atoms with van der Waals surface area (Å²) in [5, 5.41) is 16.5. The lowest BCUT2D eigenvalue weighted by Crippen LogP contribution is -2.50. The van der Waals surface area contributed by atoms with E-state index in [0.29, 0.717) is 16.2 Å². The number of pyridine rings is 1. The van der Waals surface area contributed by atoms with Gasteiger partial charge in [-0.25, -0.2) is 9.97 Å². The SMILES string of the molecule is Cl.O=C(Nc1nc(-c2cc(Cl)cs2)c(N2CCN(C3CCCCC3)CC2)s1)c1cnc(O)c(Cl)c1. The molecule has 12 heteroatoms. The average molecular weight is 575 g/mol. The van der Waals surface area contributed by atoms with Crippen molar-refractivity contribution in [3.63, 3.8) is 0 Å². The van der Waals surface area contributed by atoms with Crippen molar-refractivity contribution in [1.29, 1.82) is 0 Å². The van der Waals surface area contributed by atoms with E-state index in [4.69, 9.17) is 28.2 Å². The second-order valence-corrected chi connectivity index (χ2v) is 11.3. The van der Waals surface area contributed by atoms with Crippen molar-refractivity contribution in [2.75, 3.05) is 36.4 Å². The van der Waals surface area contributed by atoms with E-state index in [2.05, 4.69) is 20.1 Å². The number of hydrogen-bond donors (Lipinski definition) is 2. The quantitative estimate of drug-likeness (QED) is 0.367. The molecular weight excluding hydrogens is 549 g/mol. The predicted molar refractivity (Wildman–Crippen MR) is 147 cm³/mol. The minimum absolute atomic E-state index is 0. The Labute approximate surface area is 228 Å². The summed E-state index contributed by atoms with van der Waals surface area (Å²) in [4.78, 5) is 27.3. The average Bonchev–Trinajstić information content (AvgIpc) is 3.47. The number of hydrogen-bond acceptors (Lipinski definition) is 8. The standard InChI is InChI=1S/C23H25Cl2N5O2S2.ClH/c24-15-11-18(33-13-15)19-22(30-8-6-29(7-9-30)16-4-2-1-3-5-16)34-23(27-19)28-20(31)14-10-17(25)21(32)26-12-14;/h10-13,16H,1-9H2,(H,26,32)(H,27,28,31);1H. The van der Waals surface area contributed by atoms with Gasteiger partial charge in [-0.3, -0.25) is 15.0 Å². The molecule has 188 valence electrons. The highest BCUT2D eigenvalue weighted by atomic mass is 35.5. The molecule has 2 fully saturated rings. The van der Waals surface area contributed by atoms with Crippen molar-refractivity contribution in [2.45, 2.75) is 38.1 Å². The fraction of sp³-hybridized carbons (Fsp3) is 0.435. The van der Waals surface area contributed by atoms with Crippen LogP contribution in [0.5, 0.6) is 5.88 Å². The minimum Gasteiger partial charge on any atom is -0.492 e. The minimum atomic E-state index is -0.382. The van der Waals surface area contributed by atoms with Crippen LogP contribution >= 0.6 is 58.3 Å². The molecule has 4 heterocycles. The van der Waals surface area contributed by atoms with E-state index in [1.165, 1.54) is 55.7 Å².